The molecule has 0 unspecified atom stereocenters. The molecule has 0 aliphatic carbocycles. The second-order valence-corrected chi connectivity index (χ2v) is 4.63. The van der Waals surface area contributed by atoms with E-state index in [0.717, 1.165) is 10.6 Å². The van der Waals surface area contributed by atoms with Crippen LogP contribution in [0.25, 0.3) is 0 Å². The maximum atomic E-state index is 10.8. The van der Waals surface area contributed by atoms with Crippen molar-refractivity contribution in [2.24, 2.45) is 7.05 Å². The fourth-order valence-electron chi connectivity index (χ4n) is 1.56. The van der Waals surface area contributed by atoms with Gasteiger partial charge in [-0.05, 0) is 12.1 Å². The summed E-state index contributed by atoms with van der Waals surface area (Å²) in [5.74, 6) is 0.606. The zero-order valence-corrected chi connectivity index (χ0v) is 10.2. The molecule has 0 radical (unpaired) electrons. The zero-order chi connectivity index (χ0) is 12.3. The van der Waals surface area contributed by atoms with Crippen molar-refractivity contribution in [1.29, 1.82) is 0 Å². The number of thioether (sulfide) groups is 1. The highest BCUT2D eigenvalue weighted by atomic mass is 32.2. The molecule has 0 aliphatic rings. The van der Waals surface area contributed by atoms with Crippen LogP contribution in [-0.2, 0) is 12.8 Å². The molecule has 1 aromatic heterocycles. The van der Waals surface area contributed by atoms with Crippen molar-refractivity contribution in [3.05, 3.63) is 58.3 Å². The topological polar surface area (TPSA) is 48.1 Å². The van der Waals surface area contributed by atoms with E-state index in [2.05, 4.69) is 0 Å². The second kappa shape index (κ2) is 5.05. The summed E-state index contributed by atoms with van der Waals surface area (Å²) in [6.45, 7) is 0. The summed E-state index contributed by atoms with van der Waals surface area (Å²) >= 11 is 1.60. The number of nitro benzene ring substituents is 1. The average Bonchev–Trinajstić information content (AvgIpc) is 2.72. The number of nitro groups is 1. The molecule has 0 N–H and O–H groups in total. The van der Waals surface area contributed by atoms with Gasteiger partial charge in [-0.2, -0.15) is 0 Å². The average molecular weight is 248 g/mol. The molecule has 2 aromatic rings. The molecule has 0 atom stereocenters. The van der Waals surface area contributed by atoms with Crippen molar-refractivity contribution in [2.75, 3.05) is 0 Å². The Hall–Kier alpha value is -1.75. The molecule has 0 saturated carbocycles. The van der Waals surface area contributed by atoms with Crippen LogP contribution in [0.4, 0.5) is 5.69 Å². The fourth-order valence-corrected chi connectivity index (χ4v) is 2.54. The molecule has 0 bridgehead atoms. The minimum atomic E-state index is -0.332. The highest BCUT2D eigenvalue weighted by Crippen LogP contribution is 2.27. The minimum absolute atomic E-state index is 0.189. The van der Waals surface area contributed by atoms with Crippen LogP contribution in [0, 0.1) is 10.1 Å². The van der Waals surface area contributed by atoms with Gasteiger partial charge in [0.25, 0.3) is 5.69 Å². The third-order valence-electron chi connectivity index (χ3n) is 2.46. The van der Waals surface area contributed by atoms with Gasteiger partial charge in [0.1, 0.15) is 0 Å². The van der Waals surface area contributed by atoms with Crippen molar-refractivity contribution < 1.29 is 4.92 Å². The largest absolute Gasteiger partial charge is 0.346 e. The first-order valence-electron chi connectivity index (χ1n) is 5.15. The molecular weight excluding hydrogens is 236 g/mol. The molecule has 0 fully saturated rings. The number of hydrogen-bond acceptors (Lipinski definition) is 3. The summed E-state index contributed by atoms with van der Waals surface area (Å²) in [5, 5.41) is 11.9. The van der Waals surface area contributed by atoms with Gasteiger partial charge in [-0.3, -0.25) is 10.1 Å². The van der Waals surface area contributed by atoms with E-state index in [1.165, 1.54) is 0 Å². The van der Waals surface area contributed by atoms with E-state index < -0.39 is 0 Å². The molecule has 0 saturated heterocycles. The summed E-state index contributed by atoms with van der Waals surface area (Å²) < 4.78 is 2.00. The van der Waals surface area contributed by atoms with Crippen LogP contribution in [0.5, 0.6) is 0 Å². The molecule has 1 heterocycles. The third-order valence-corrected chi connectivity index (χ3v) is 3.64. The summed E-state index contributed by atoms with van der Waals surface area (Å²) in [5.41, 5.74) is 0.943. The quantitative estimate of drug-likeness (QED) is 0.474. The Labute approximate surface area is 103 Å². The monoisotopic (exact) mass is 248 g/mol. The molecule has 0 amide bonds. The van der Waals surface area contributed by atoms with Crippen LogP contribution >= 0.6 is 11.8 Å². The highest BCUT2D eigenvalue weighted by Gasteiger charge is 2.12. The number of aromatic nitrogens is 1. The fraction of sp³-hybridized carbons (Fsp3) is 0.167. The summed E-state index contributed by atoms with van der Waals surface area (Å²) in [6, 6.07) is 10.8. The Balaban J connectivity index is 2.14. The van der Waals surface area contributed by atoms with Crippen LogP contribution in [0.1, 0.15) is 5.56 Å². The molecule has 5 heteroatoms. The number of para-hydroxylation sites is 1. The van der Waals surface area contributed by atoms with Crippen molar-refractivity contribution in [2.45, 2.75) is 10.8 Å². The predicted molar refractivity (Wildman–Crippen MR) is 68.1 cm³/mol. The lowest BCUT2D eigenvalue weighted by Gasteiger charge is -2.04. The lowest BCUT2D eigenvalue weighted by atomic mass is 10.2. The lowest BCUT2D eigenvalue weighted by Crippen LogP contribution is -1.94. The number of benzene rings is 1. The maximum Gasteiger partial charge on any atom is 0.273 e. The second-order valence-electron chi connectivity index (χ2n) is 3.63. The van der Waals surface area contributed by atoms with E-state index in [4.69, 9.17) is 0 Å². The number of aryl methyl sites for hydroxylation is 1. The summed E-state index contributed by atoms with van der Waals surface area (Å²) in [6.07, 6.45) is 1.96. The molecule has 0 aliphatic heterocycles. The first kappa shape index (κ1) is 11.7. The standard InChI is InChI=1S/C12H12N2O2S/c1-13-8-4-7-12(13)17-9-10-5-2-3-6-11(10)14(15)16/h2-8H,9H2,1H3. The molecular formula is C12H12N2O2S. The van der Waals surface area contributed by atoms with Crippen LogP contribution in [-0.4, -0.2) is 9.49 Å². The van der Waals surface area contributed by atoms with Crippen LogP contribution in [0.2, 0.25) is 0 Å². The van der Waals surface area contributed by atoms with Crippen LogP contribution < -0.4 is 0 Å². The highest BCUT2D eigenvalue weighted by molar-refractivity contribution is 7.98. The van der Waals surface area contributed by atoms with E-state index in [-0.39, 0.29) is 10.6 Å². The maximum absolute atomic E-state index is 10.8. The molecule has 4 nitrogen and oxygen atoms in total. The molecule has 88 valence electrons. The summed E-state index contributed by atoms with van der Waals surface area (Å²) in [4.78, 5) is 10.5. The van der Waals surface area contributed by atoms with Crippen LogP contribution in [0.3, 0.4) is 0 Å². The SMILES string of the molecule is Cn1cccc1SCc1ccccc1[N+](=O)[O-]. The smallest absolute Gasteiger partial charge is 0.273 e. The van der Waals surface area contributed by atoms with Crippen LogP contribution in [0.15, 0.2) is 47.6 Å². The number of hydrogen-bond donors (Lipinski definition) is 0. The normalized spacial score (nSPS) is 10.4. The van der Waals surface area contributed by atoms with Gasteiger partial charge in [-0.1, -0.05) is 18.2 Å². The van der Waals surface area contributed by atoms with Gasteiger partial charge in [0.05, 0.1) is 9.95 Å². The number of nitrogens with zero attached hydrogens (tertiary/aromatic N) is 2. The van der Waals surface area contributed by atoms with Gasteiger partial charge in [0, 0.05) is 30.6 Å². The van der Waals surface area contributed by atoms with Gasteiger partial charge in [-0.25, -0.2) is 0 Å². The number of rotatable bonds is 4. The predicted octanol–water partition coefficient (Wildman–Crippen LogP) is 3.23. The van der Waals surface area contributed by atoms with E-state index in [1.807, 2.05) is 36.0 Å². The van der Waals surface area contributed by atoms with Gasteiger partial charge >= 0.3 is 0 Å². The van der Waals surface area contributed by atoms with Gasteiger partial charge in [0.15, 0.2) is 0 Å². The van der Waals surface area contributed by atoms with Gasteiger partial charge in [-0.15, -0.1) is 11.8 Å². The van der Waals surface area contributed by atoms with Crippen molar-refractivity contribution in [3.8, 4) is 0 Å². The Kier molecular flexibility index (Phi) is 3.49. The Morgan fingerprint density at radius 3 is 2.71 bits per heavy atom. The Bertz CT molecular complexity index is 537. The Morgan fingerprint density at radius 2 is 2.06 bits per heavy atom. The zero-order valence-electron chi connectivity index (χ0n) is 9.37. The molecule has 17 heavy (non-hydrogen) atoms. The van der Waals surface area contributed by atoms with Crippen molar-refractivity contribution in [3.63, 3.8) is 0 Å². The third kappa shape index (κ3) is 2.68. The molecule has 0 spiro atoms. The van der Waals surface area contributed by atoms with E-state index >= 15 is 0 Å². The van der Waals surface area contributed by atoms with E-state index in [0.29, 0.717) is 5.75 Å². The Morgan fingerprint density at radius 1 is 1.29 bits per heavy atom. The van der Waals surface area contributed by atoms with E-state index in [1.54, 1.807) is 30.0 Å². The van der Waals surface area contributed by atoms with E-state index in [9.17, 15) is 10.1 Å². The van der Waals surface area contributed by atoms with Crippen molar-refractivity contribution >= 4 is 17.4 Å². The first-order chi connectivity index (χ1) is 8.18. The molecule has 2 rings (SSSR count). The van der Waals surface area contributed by atoms with Crippen molar-refractivity contribution in [1.82, 2.24) is 4.57 Å². The van der Waals surface area contributed by atoms with Gasteiger partial charge in [0.2, 0.25) is 0 Å². The molecule has 1 aromatic carbocycles. The first-order valence-corrected chi connectivity index (χ1v) is 6.13. The van der Waals surface area contributed by atoms with Gasteiger partial charge < -0.3 is 4.57 Å². The lowest BCUT2D eigenvalue weighted by molar-refractivity contribution is -0.385. The minimum Gasteiger partial charge on any atom is -0.346 e. The summed E-state index contributed by atoms with van der Waals surface area (Å²) in [7, 11) is 1.96.